The summed E-state index contributed by atoms with van der Waals surface area (Å²) in [5.74, 6) is 6.11. The van der Waals surface area contributed by atoms with E-state index in [1.54, 1.807) is 6.92 Å². The number of thioether (sulfide) groups is 1. The van der Waals surface area contributed by atoms with Crippen LogP contribution in [-0.4, -0.2) is 39.1 Å². The van der Waals surface area contributed by atoms with E-state index in [4.69, 9.17) is 10.6 Å². The Labute approximate surface area is 202 Å². The number of anilines is 1. The van der Waals surface area contributed by atoms with E-state index < -0.39 is 0 Å². The predicted octanol–water partition coefficient (Wildman–Crippen LogP) is 4.27. The number of amides is 1. The number of carbonyl (C=O) groups excluding carboxylic acids is 2. The molecule has 1 amide bonds. The number of nitrogens with zero attached hydrogens (tertiary/aromatic N) is 3. The standard InChI is InChI=1S/C21H22BrN5O3S2/c1-2-30-20(29)17-14-8-3-4-9-15(14)32-19(17)24-16(28)11-31-21-26-25-18(27(21)23)12-6-5-7-13(22)10-12/h5-7,10H,2-4,8-9,11,23H2,1H3,(H,24,28). The summed E-state index contributed by atoms with van der Waals surface area (Å²) in [5, 5.41) is 12.1. The van der Waals surface area contributed by atoms with Crippen molar-refractivity contribution in [1.82, 2.24) is 14.9 Å². The SMILES string of the molecule is CCOC(=O)c1c(NC(=O)CSc2nnc(-c3cccc(Br)c3)n2N)sc2c1CCCC2. The molecule has 3 N–H and O–H groups in total. The molecule has 0 saturated carbocycles. The third-order valence-corrected chi connectivity index (χ3v) is 7.63. The number of esters is 1. The third-order valence-electron chi connectivity index (χ3n) is 4.98. The topological polar surface area (TPSA) is 112 Å². The van der Waals surface area contributed by atoms with Gasteiger partial charge in [-0.1, -0.05) is 39.8 Å². The van der Waals surface area contributed by atoms with Crippen molar-refractivity contribution in [3.05, 3.63) is 44.7 Å². The number of halogens is 1. The molecule has 1 aliphatic carbocycles. The van der Waals surface area contributed by atoms with Gasteiger partial charge in [-0.15, -0.1) is 21.5 Å². The van der Waals surface area contributed by atoms with Gasteiger partial charge in [-0.2, -0.15) is 0 Å². The van der Waals surface area contributed by atoms with Crippen LogP contribution in [0.5, 0.6) is 0 Å². The second-order valence-corrected chi connectivity index (χ2v) is 10.1. The minimum Gasteiger partial charge on any atom is -0.462 e. The summed E-state index contributed by atoms with van der Waals surface area (Å²) in [7, 11) is 0. The first-order chi connectivity index (χ1) is 15.5. The number of nitrogens with two attached hydrogens (primary N) is 1. The largest absolute Gasteiger partial charge is 0.462 e. The van der Waals surface area contributed by atoms with Gasteiger partial charge in [0, 0.05) is 14.9 Å². The maximum Gasteiger partial charge on any atom is 0.341 e. The molecule has 32 heavy (non-hydrogen) atoms. The van der Waals surface area contributed by atoms with E-state index in [1.165, 1.54) is 27.8 Å². The van der Waals surface area contributed by atoms with Gasteiger partial charge < -0.3 is 15.9 Å². The summed E-state index contributed by atoms with van der Waals surface area (Å²) in [6.45, 7) is 2.07. The third kappa shape index (κ3) is 4.84. The lowest BCUT2D eigenvalue weighted by atomic mass is 9.95. The van der Waals surface area contributed by atoms with Crippen LogP contribution in [0.15, 0.2) is 33.9 Å². The molecule has 1 aliphatic rings. The quantitative estimate of drug-likeness (QED) is 0.264. The fourth-order valence-corrected chi connectivity index (χ4v) is 5.92. The number of hydrogen-bond acceptors (Lipinski definition) is 8. The van der Waals surface area contributed by atoms with E-state index in [2.05, 4.69) is 31.4 Å². The van der Waals surface area contributed by atoms with Gasteiger partial charge >= 0.3 is 5.97 Å². The van der Waals surface area contributed by atoms with Crippen LogP contribution in [0.2, 0.25) is 0 Å². The van der Waals surface area contributed by atoms with Crippen molar-refractivity contribution < 1.29 is 14.3 Å². The molecular formula is C21H22BrN5O3S2. The molecule has 0 unspecified atom stereocenters. The number of aromatic nitrogens is 3. The number of nitrogen functional groups attached to an aromatic ring is 1. The minimum atomic E-state index is -0.379. The first-order valence-corrected chi connectivity index (χ1v) is 12.8. The summed E-state index contributed by atoms with van der Waals surface area (Å²) in [6, 6.07) is 7.57. The van der Waals surface area contributed by atoms with Gasteiger partial charge in [0.05, 0.1) is 17.9 Å². The number of aryl methyl sites for hydroxylation is 1. The average Bonchev–Trinajstić information content (AvgIpc) is 3.32. The van der Waals surface area contributed by atoms with Gasteiger partial charge in [0.2, 0.25) is 11.1 Å². The fraction of sp³-hybridized carbons (Fsp3) is 0.333. The van der Waals surface area contributed by atoms with Crippen LogP contribution in [0.3, 0.4) is 0 Å². The van der Waals surface area contributed by atoms with Crippen molar-refractivity contribution in [2.24, 2.45) is 0 Å². The van der Waals surface area contributed by atoms with E-state index >= 15 is 0 Å². The molecule has 4 rings (SSSR count). The Balaban J connectivity index is 1.46. The normalized spacial score (nSPS) is 12.9. The first kappa shape index (κ1) is 22.8. The van der Waals surface area contributed by atoms with Gasteiger partial charge in [0.1, 0.15) is 5.00 Å². The molecule has 8 nitrogen and oxygen atoms in total. The molecule has 168 valence electrons. The maximum absolute atomic E-state index is 12.7. The number of thiophene rings is 1. The van der Waals surface area contributed by atoms with Crippen LogP contribution in [0, 0.1) is 0 Å². The van der Waals surface area contributed by atoms with Gasteiger partial charge in [-0.05, 0) is 50.3 Å². The summed E-state index contributed by atoms with van der Waals surface area (Å²) < 4.78 is 7.52. The summed E-state index contributed by atoms with van der Waals surface area (Å²) in [6.07, 6.45) is 3.88. The molecule has 0 saturated heterocycles. The highest BCUT2D eigenvalue weighted by Gasteiger charge is 2.27. The second kappa shape index (κ2) is 10.1. The number of carbonyl (C=O) groups is 2. The van der Waals surface area contributed by atoms with E-state index in [1.807, 2.05) is 24.3 Å². The van der Waals surface area contributed by atoms with E-state index in [-0.39, 0.29) is 17.6 Å². The van der Waals surface area contributed by atoms with Crippen LogP contribution < -0.4 is 11.2 Å². The Morgan fingerprint density at radius 3 is 2.91 bits per heavy atom. The van der Waals surface area contributed by atoms with Crippen LogP contribution in [0.4, 0.5) is 5.00 Å². The molecule has 0 aliphatic heterocycles. The number of nitrogens with one attached hydrogen (secondary N) is 1. The Morgan fingerprint density at radius 2 is 2.12 bits per heavy atom. The molecule has 0 radical (unpaired) electrons. The van der Waals surface area contributed by atoms with Gasteiger partial charge in [0.15, 0.2) is 5.82 Å². The Bertz CT molecular complexity index is 1160. The van der Waals surface area contributed by atoms with Crippen molar-refractivity contribution in [2.45, 2.75) is 37.8 Å². The smallest absolute Gasteiger partial charge is 0.341 e. The molecule has 2 aromatic heterocycles. The molecule has 0 bridgehead atoms. The predicted molar refractivity (Wildman–Crippen MR) is 130 cm³/mol. The lowest BCUT2D eigenvalue weighted by molar-refractivity contribution is -0.113. The minimum absolute atomic E-state index is 0.0820. The van der Waals surface area contributed by atoms with Crippen molar-refractivity contribution in [3.63, 3.8) is 0 Å². The second-order valence-electron chi connectivity index (χ2n) is 7.16. The average molecular weight is 536 g/mol. The Kier molecular flexibility index (Phi) is 7.17. The number of hydrogen-bond donors (Lipinski definition) is 2. The molecule has 11 heteroatoms. The van der Waals surface area contributed by atoms with Crippen LogP contribution in [-0.2, 0) is 22.4 Å². The van der Waals surface area contributed by atoms with Gasteiger partial charge in [0.25, 0.3) is 0 Å². The fourth-order valence-electron chi connectivity index (χ4n) is 3.57. The molecule has 0 spiro atoms. The van der Waals surface area contributed by atoms with Gasteiger partial charge in [-0.3, -0.25) is 4.79 Å². The summed E-state index contributed by atoms with van der Waals surface area (Å²) in [5.41, 5.74) is 2.33. The molecular weight excluding hydrogens is 514 g/mol. The molecule has 1 aromatic carbocycles. The monoisotopic (exact) mass is 535 g/mol. The summed E-state index contributed by atoms with van der Waals surface area (Å²) in [4.78, 5) is 26.4. The van der Waals surface area contributed by atoms with Crippen molar-refractivity contribution >= 4 is 55.9 Å². The number of benzene rings is 1. The van der Waals surface area contributed by atoms with Crippen molar-refractivity contribution in [3.8, 4) is 11.4 Å². The van der Waals surface area contributed by atoms with E-state index in [0.717, 1.165) is 46.2 Å². The number of ether oxygens (including phenoxy) is 1. The Morgan fingerprint density at radius 1 is 1.31 bits per heavy atom. The molecule has 2 heterocycles. The molecule has 3 aromatic rings. The maximum atomic E-state index is 12.7. The van der Waals surface area contributed by atoms with Crippen LogP contribution in [0.25, 0.3) is 11.4 Å². The zero-order valence-electron chi connectivity index (χ0n) is 17.4. The zero-order chi connectivity index (χ0) is 22.7. The molecule has 0 fully saturated rings. The molecule has 0 atom stereocenters. The number of rotatable bonds is 7. The lowest BCUT2D eigenvalue weighted by Gasteiger charge is -2.12. The zero-order valence-corrected chi connectivity index (χ0v) is 20.6. The van der Waals surface area contributed by atoms with Crippen LogP contribution in [0.1, 0.15) is 40.6 Å². The number of fused-ring (bicyclic) bond motifs is 1. The van der Waals surface area contributed by atoms with Gasteiger partial charge in [-0.25, -0.2) is 9.47 Å². The van der Waals surface area contributed by atoms with Crippen molar-refractivity contribution in [1.29, 1.82) is 0 Å². The highest BCUT2D eigenvalue weighted by molar-refractivity contribution is 9.10. The van der Waals surface area contributed by atoms with Crippen LogP contribution >= 0.6 is 39.0 Å². The first-order valence-electron chi connectivity index (χ1n) is 10.2. The van der Waals surface area contributed by atoms with Crippen molar-refractivity contribution in [2.75, 3.05) is 23.5 Å². The van der Waals surface area contributed by atoms with E-state index in [9.17, 15) is 9.59 Å². The summed E-state index contributed by atoms with van der Waals surface area (Å²) >= 11 is 6.08. The van der Waals surface area contributed by atoms with E-state index in [0.29, 0.717) is 28.2 Å². The highest BCUT2D eigenvalue weighted by Crippen LogP contribution is 2.38. The Hall–Kier alpha value is -2.37. The lowest BCUT2D eigenvalue weighted by Crippen LogP contribution is -2.18. The highest BCUT2D eigenvalue weighted by atomic mass is 79.9.